The van der Waals surface area contributed by atoms with E-state index in [4.69, 9.17) is 9.15 Å². The van der Waals surface area contributed by atoms with Crippen LogP contribution in [0.15, 0.2) is 59.0 Å². The summed E-state index contributed by atoms with van der Waals surface area (Å²) < 4.78 is 23.7. The quantitative estimate of drug-likeness (QED) is 0.603. The number of nitrogens with zero attached hydrogens (tertiary/aromatic N) is 2. The van der Waals surface area contributed by atoms with Gasteiger partial charge in [-0.1, -0.05) is 18.2 Å². The minimum Gasteiger partial charge on any atom is -0.451 e. The highest BCUT2D eigenvalue weighted by molar-refractivity contribution is 5.97. The second-order valence-corrected chi connectivity index (χ2v) is 5.98. The standard InChI is InChI=1S/C21H19FN2O4/c1-3-24(17-11-9-16(22)10-12-17)18(25)13-27-21(26)19-14(2)28-20(23-19)15-7-5-4-6-8-15/h4-12H,3,13H2,1-2H3. The minimum absolute atomic E-state index is 0.0245. The molecule has 0 aliphatic rings. The maximum Gasteiger partial charge on any atom is 0.361 e. The van der Waals surface area contributed by atoms with Gasteiger partial charge < -0.3 is 14.1 Å². The van der Waals surface area contributed by atoms with E-state index in [-0.39, 0.29) is 5.69 Å². The van der Waals surface area contributed by atoms with E-state index < -0.39 is 24.3 Å². The zero-order chi connectivity index (χ0) is 20.1. The van der Waals surface area contributed by atoms with Crippen LogP contribution in [0.3, 0.4) is 0 Å². The molecule has 0 N–H and O–H groups in total. The van der Waals surface area contributed by atoms with Gasteiger partial charge in [0.15, 0.2) is 12.3 Å². The summed E-state index contributed by atoms with van der Waals surface area (Å²) in [6, 6.07) is 14.7. The summed E-state index contributed by atoms with van der Waals surface area (Å²) in [7, 11) is 0. The van der Waals surface area contributed by atoms with E-state index in [1.165, 1.54) is 29.2 Å². The van der Waals surface area contributed by atoms with Crippen molar-refractivity contribution in [1.29, 1.82) is 0 Å². The molecule has 1 amide bonds. The van der Waals surface area contributed by atoms with Crippen LogP contribution in [0, 0.1) is 12.7 Å². The third-order valence-electron chi connectivity index (χ3n) is 4.09. The Morgan fingerprint density at radius 2 is 1.79 bits per heavy atom. The van der Waals surface area contributed by atoms with Crippen LogP contribution in [0.4, 0.5) is 10.1 Å². The number of likely N-dealkylation sites (N-methyl/N-ethyl adjacent to an activating group) is 1. The molecule has 0 spiro atoms. The fraction of sp³-hybridized carbons (Fsp3) is 0.190. The van der Waals surface area contributed by atoms with Crippen LogP contribution >= 0.6 is 0 Å². The molecule has 144 valence electrons. The fourth-order valence-corrected chi connectivity index (χ4v) is 2.69. The number of ether oxygens (including phenoxy) is 1. The number of carbonyl (C=O) groups is 2. The molecule has 0 fully saturated rings. The maximum absolute atomic E-state index is 13.1. The first-order chi connectivity index (χ1) is 13.5. The van der Waals surface area contributed by atoms with E-state index in [1.54, 1.807) is 13.8 Å². The average Bonchev–Trinajstić information content (AvgIpc) is 3.10. The number of oxazole rings is 1. The molecule has 0 saturated heterocycles. The molecule has 0 aliphatic heterocycles. The molecule has 0 unspecified atom stereocenters. The van der Waals surface area contributed by atoms with E-state index in [1.807, 2.05) is 30.3 Å². The Morgan fingerprint density at radius 1 is 1.11 bits per heavy atom. The Bertz CT molecular complexity index is 968. The number of benzene rings is 2. The zero-order valence-electron chi connectivity index (χ0n) is 15.5. The van der Waals surface area contributed by atoms with Crippen LogP contribution < -0.4 is 4.90 Å². The fourth-order valence-electron chi connectivity index (χ4n) is 2.69. The van der Waals surface area contributed by atoms with Crippen molar-refractivity contribution >= 4 is 17.6 Å². The Morgan fingerprint density at radius 3 is 2.43 bits per heavy atom. The van der Waals surface area contributed by atoms with Crippen molar-refractivity contribution in [1.82, 2.24) is 4.98 Å². The lowest BCUT2D eigenvalue weighted by Gasteiger charge is -2.20. The van der Waals surface area contributed by atoms with Crippen molar-refractivity contribution in [3.05, 3.63) is 71.9 Å². The molecule has 0 saturated carbocycles. The van der Waals surface area contributed by atoms with Gasteiger partial charge >= 0.3 is 5.97 Å². The van der Waals surface area contributed by atoms with E-state index in [0.29, 0.717) is 23.9 Å². The van der Waals surface area contributed by atoms with E-state index in [2.05, 4.69) is 4.98 Å². The molecule has 3 rings (SSSR count). The Balaban J connectivity index is 1.67. The van der Waals surface area contributed by atoms with Crippen LogP contribution in [0.2, 0.25) is 0 Å². The van der Waals surface area contributed by atoms with Crippen LogP contribution in [0.25, 0.3) is 11.5 Å². The van der Waals surface area contributed by atoms with Gasteiger partial charge in [0, 0.05) is 17.8 Å². The number of aromatic nitrogens is 1. The summed E-state index contributed by atoms with van der Waals surface area (Å²) in [6.07, 6.45) is 0. The van der Waals surface area contributed by atoms with Gasteiger partial charge in [-0.05, 0) is 50.2 Å². The molecule has 0 aliphatic carbocycles. The smallest absolute Gasteiger partial charge is 0.361 e. The van der Waals surface area contributed by atoms with Crippen LogP contribution in [0.1, 0.15) is 23.2 Å². The topological polar surface area (TPSA) is 72.6 Å². The number of hydrogen-bond donors (Lipinski definition) is 0. The molecule has 0 radical (unpaired) electrons. The Hall–Kier alpha value is -3.48. The van der Waals surface area contributed by atoms with Gasteiger partial charge in [0.25, 0.3) is 5.91 Å². The second-order valence-electron chi connectivity index (χ2n) is 5.98. The zero-order valence-corrected chi connectivity index (χ0v) is 15.5. The predicted molar refractivity (Wildman–Crippen MR) is 101 cm³/mol. The third-order valence-corrected chi connectivity index (χ3v) is 4.09. The maximum atomic E-state index is 13.1. The Labute approximate surface area is 161 Å². The first-order valence-corrected chi connectivity index (χ1v) is 8.75. The number of anilines is 1. The molecule has 0 bridgehead atoms. The van der Waals surface area contributed by atoms with Crippen molar-refractivity contribution in [2.45, 2.75) is 13.8 Å². The molecule has 2 aromatic carbocycles. The predicted octanol–water partition coefficient (Wildman–Crippen LogP) is 4.00. The summed E-state index contributed by atoms with van der Waals surface area (Å²) in [5, 5.41) is 0. The summed E-state index contributed by atoms with van der Waals surface area (Å²) in [4.78, 5) is 30.3. The molecule has 1 heterocycles. The number of rotatable bonds is 6. The van der Waals surface area contributed by atoms with Crippen molar-refractivity contribution in [2.75, 3.05) is 18.1 Å². The van der Waals surface area contributed by atoms with Gasteiger partial charge in [-0.25, -0.2) is 14.2 Å². The normalized spacial score (nSPS) is 10.5. The van der Waals surface area contributed by atoms with Gasteiger partial charge in [0.1, 0.15) is 11.6 Å². The van der Waals surface area contributed by atoms with Gasteiger partial charge in [-0.3, -0.25) is 4.79 Å². The largest absolute Gasteiger partial charge is 0.451 e. The second kappa shape index (κ2) is 8.47. The molecular formula is C21H19FN2O4. The van der Waals surface area contributed by atoms with Crippen LogP contribution in [-0.2, 0) is 9.53 Å². The first kappa shape index (κ1) is 19.3. The monoisotopic (exact) mass is 382 g/mol. The number of esters is 1. The van der Waals surface area contributed by atoms with Gasteiger partial charge in [-0.2, -0.15) is 0 Å². The summed E-state index contributed by atoms with van der Waals surface area (Å²) in [5.41, 5.74) is 1.28. The van der Waals surface area contributed by atoms with E-state index >= 15 is 0 Å². The third kappa shape index (κ3) is 4.25. The molecule has 28 heavy (non-hydrogen) atoms. The van der Waals surface area contributed by atoms with Gasteiger partial charge in [0.05, 0.1) is 0 Å². The number of carbonyl (C=O) groups excluding carboxylic acids is 2. The molecule has 7 heteroatoms. The summed E-state index contributed by atoms with van der Waals surface area (Å²) >= 11 is 0. The summed E-state index contributed by atoms with van der Waals surface area (Å²) in [5.74, 6) is -0.951. The lowest BCUT2D eigenvalue weighted by molar-refractivity contribution is -0.121. The SMILES string of the molecule is CCN(C(=O)COC(=O)c1nc(-c2ccccc2)oc1C)c1ccc(F)cc1. The highest BCUT2D eigenvalue weighted by atomic mass is 19.1. The van der Waals surface area contributed by atoms with Crippen molar-refractivity contribution in [2.24, 2.45) is 0 Å². The van der Waals surface area contributed by atoms with Gasteiger partial charge in [0.2, 0.25) is 5.89 Å². The first-order valence-electron chi connectivity index (χ1n) is 8.75. The molecule has 6 nitrogen and oxygen atoms in total. The van der Waals surface area contributed by atoms with Crippen molar-refractivity contribution < 1.29 is 23.1 Å². The molecule has 1 aromatic heterocycles. The molecule has 3 aromatic rings. The minimum atomic E-state index is -0.744. The lowest BCUT2D eigenvalue weighted by Crippen LogP contribution is -2.34. The lowest BCUT2D eigenvalue weighted by atomic mass is 10.2. The highest BCUT2D eigenvalue weighted by Crippen LogP contribution is 2.22. The van der Waals surface area contributed by atoms with Crippen LogP contribution in [-0.4, -0.2) is 30.0 Å². The van der Waals surface area contributed by atoms with Crippen molar-refractivity contribution in [3.8, 4) is 11.5 Å². The Kier molecular flexibility index (Phi) is 5.84. The van der Waals surface area contributed by atoms with Crippen molar-refractivity contribution in [3.63, 3.8) is 0 Å². The highest BCUT2D eigenvalue weighted by Gasteiger charge is 2.22. The van der Waals surface area contributed by atoms with E-state index in [0.717, 1.165) is 5.56 Å². The average molecular weight is 382 g/mol. The number of hydrogen-bond acceptors (Lipinski definition) is 5. The number of halogens is 1. The van der Waals surface area contributed by atoms with Crippen LogP contribution in [0.5, 0.6) is 0 Å². The molecular weight excluding hydrogens is 363 g/mol. The number of aryl methyl sites for hydroxylation is 1. The summed E-state index contributed by atoms with van der Waals surface area (Å²) in [6.45, 7) is 3.27. The number of amides is 1. The molecule has 0 atom stereocenters. The van der Waals surface area contributed by atoms with E-state index in [9.17, 15) is 14.0 Å². The van der Waals surface area contributed by atoms with Gasteiger partial charge in [-0.15, -0.1) is 0 Å².